The van der Waals surface area contributed by atoms with E-state index in [-0.39, 0.29) is 11.6 Å². The Morgan fingerprint density at radius 2 is 1.97 bits per heavy atom. The van der Waals surface area contributed by atoms with Crippen LogP contribution in [0.5, 0.6) is 0 Å². The summed E-state index contributed by atoms with van der Waals surface area (Å²) in [4.78, 5) is 7.14. The van der Waals surface area contributed by atoms with Crippen LogP contribution < -0.4 is 16.4 Å². The third-order valence-corrected chi connectivity index (χ3v) is 5.53. The van der Waals surface area contributed by atoms with Crippen LogP contribution in [0.1, 0.15) is 43.9 Å². The first-order valence-corrected chi connectivity index (χ1v) is 11.4. The number of benzene rings is 1. The van der Waals surface area contributed by atoms with Crippen molar-refractivity contribution in [1.82, 2.24) is 25.3 Å². The molecule has 2 aromatic rings. The molecular weight excluding hydrogens is 407 g/mol. The van der Waals surface area contributed by atoms with Crippen LogP contribution in [0.25, 0.3) is 5.69 Å². The lowest BCUT2D eigenvalue weighted by Gasteiger charge is -2.26. The van der Waals surface area contributed by atoms with Crippen molar-refractivity contribution in [2.75, 3.05) is 45.0 Å². The molecular formula is C23H33FN8. The van der Waals surface area contributed by atoms with Crippen LogP contribution >= 0.6 is 0 Å². The van der Waals surface area contributed by atoms with E-state index < -0.39 is 0 Å². The predicted octanol–water partition coefficient (Wildman–Crippen LogP) is 2.44. The molecule has 1 fully saturated rings. The number of nitrogens with one attached hydrogen (secondary N) is 2. The maximum Gasteiger partial charge on any atom is 0.191 e. The van der Waals surface area contributed by atoms with E-state index in [4.69, 9.17) is 5.73 Å². The number of nitrogens with two attached hydrogens (primary N) is 1. The zero-order valence-electron chi connectivity index (χ0n) is 18.8. The summed E-state index contributed by atoms with van der Waals surface area (Å²) in [5.74, 6) is 0.741. The second-order valence-electron chi connectivity index (χ2n) is 7.90. The third kappa shape index (κ3) is 6.44. The van der Waals surface area contributed by atoms with Crippen LogP contribution in [0.15, 0.2) is 29.3 Å². The number of aryl methyl sites for hydroxylation is 1. The fourth-order valence-electron chi connectivity index (χ4n) is 3.85. The first kappa shape index (κ1) is 23.5. The number of nitrogen functional groups attached to an aromatic ring is 1. The SMILES string of the molecule is CCNC(=NCCCc1nn(-c2ccc(F)cc2)c(N)c1C#N)NCCN1CCCCC1. The van der Waals surface area contributed by atoms with E-state index in [1.165, 1.54) is 49.2 Å². The van der Waals surface area contributed by atoms with Gasteiger partial charge in [-0.15, -0.1) is 0 Å². The molecule has 0 unspecified atom stereocenters. The van der Waals surface area contributed by atoms with Crippen molar-refractivity contribution in [2.45, 2.75) is 39.0 Å². The second-order valence-corrected chi connectivity index (χ2v) is 7.90. The van der Waals surface area contributed by atoms with Crippen LogP contribution in [0.2, 0.25) is 0 Å². The number of piperidine rings is 1. The van der Waals surface area contributed by atoms with Crippen molar-refractivity contribution in [3.05, 3.63) is 41.3 Å². The van der Waals surface area contributed by atoms with Crippen molar-refractivity contribution >= 4 is 11.8 Å². The monoisotopic (exact) mass is 440 g/mol. The zero-order valence-corrected chi connectivity index (χ0v) is 18.8. The van der Waals surface area contributed by atoms with E-state index >= 15 is 0 Å². The van der Waals surface area contributed by atoms with Crippen LogP contribution in [0.3, 0.4) is 0 Å². The minimum Gasteiger partial charge on any atom is -0.382 e. The van der Waals surface area contributed by atoms with E-state index in [9.17, 15) is 9.65 Å². The highest BCUT2D eigenvalue weighted by atomic mass is 19.1. The van der Waals surface area contributed by atoms with Gasteiger partial charge in [0, 0.05) is 26.2 Å². The topological polar surface area (TPSA) is 107 Å². The lowest BCUT2D eigenvalue weighted by atomic mass is 10.1. The van der Waals surface area contributed by atoms with E-state index in [1.54, 1.807) is 12.1 Å². The number of rotatable bonds is 9. The number of hydrogen-bond donors (Lipinski definition) is 3. The van der Waals surface area contributed by atoms with Gasteiger partial charge in [-0.25, -0.2) is 9.07 Å². The standard InChI is InChI=1S/C23H33FN8/c1-2-27-23(29-13-16-31-14-4-3-5-15-31)28-12-6-7-21-20(17-25)22(26)32(30-21)19-10-8-18(24)9-11-19/h8-11H,2-7,12-16,26H2,1H3,(H2,27,28,29). The van der Waals surface area contributed by atoms with Crippen molar-refractivity contribution < 1.29 is 4.39 Å². The second kappa shape index (κ2) is 12.1. The van der Waals surface area contributed by atoms with Crippen LogP contribution in [-0.4, -0.2) is 59.9 Å². The van der Waals surface area contributed by atoms with Gasteiger partial charge in [0.05, 0.1) is 11.4 Å². The number of aliphatic imine (C=N–C) groups is 1. The molecule has 8 nitrogen and oxygen atoms in total. The van der Waals surface area contributed by atoms with Gasteiger partial charge < -0.3 is 21.3 Å². The Bertz CT molecular complexity index is 923. The molecule has 0 saturated carbocycles. The first-order valence-electron chi connectivity index (χ1n) is 11.4. The average Bonchev–Trinajstić information content (AvgIpc) is 3.13. The molecule has 1 aromatic heterocycles. The van der Waals surface area contributed by atoms with Crippen LogP contribution in [0.4, 0.5) is 10.2 Å². The summed E-state index contributed by atoms with van der Waals surface area (Å²) < 4.78 is 14.7. The summed E-state index contributed by atoms with van der Waals surface area (Å²) in [6.45, 7) is 7.71. The van der Waals surface area contributed by atoms with Gasteiger partial charge in [0.25, 0.3) is 0 Å². The Morgan fingerprint density at radius 1 is 1.22 bits per heavy atom. The summed E-state index contributed by atoms with van der Waals surface area (Å²) in [5.41, 5.74) is 7.75. The van der Waals surface area contributed by atoms with Crippen molar-refractivity contribution in [3.8, 4) is 11.8 Å². The highest BCUT2D eigenvalue weighted by Crippen LogP contribution is 2.21. The molecule has 32 heavy (non-hydrogen) atoms. The number of halogens is 1. The molecule has 0 amide bonds. The third-order valence-electron chi connectivity index (χ3n) is 5.53. The molecule has 1 aromatic carbocycles. The van der Waals surface area contributed by atoms with Gasteiger partial charge in [0.2, 0.25) is 0 Å². The predicted molar refractivity (Wildman–Crippen MR) is 125 cm³/mol. The van der Waals surface area contributed by atoms with Crippen molar-refractivity contribution in [1.29, 1.82) is 5.26 Å². The van der Waals surface area contributed by atoms with E-state index in [2.05, 4.69) is 31.7 Å². The summed E-state index contributed by atoms with van der Waals surface area (Å²) >= 11 is 0. The normalized spacial score (nSPS) is 14.8. The van der Waals surface area contributed by atoms with E-state index in [1.807, 2.05) is 6.92 Å². The largest absolute Gasteiger partial charge is 0.382 e. The Hall–Kier alpha value is -3.12. The maximum atomic E-state index is 13.2. The zero-order chi connectivity index (χ0) is 22.8. The molecule has 1 aliphatic heterocycles. The summed E-state index contributed by atoms with van der Waals surface area (Å²) in [5, 5.41) is 20.7. The molecule has 172 valence electrons. The highest BCUT2D eigenvalue weighted by Gasteiger charge is 2.16. The molecule has 3 rings (SSSR count). The number of nitrogens with zero attached hydrogens (tertiary/aromatic N) is 5. The maximum absolute atomic E-state index is 13.2. The molecule has 2 heterocycles. The molecule has 0 bridgehead atoms. The van der Waals surface area contributed by atoms with Crippen molar-refractivity contribution in [2.24, 2.45) is 4.99 Å². The number of anilines is 1. The summed E-state index contributed by atoms with van der Waals surface area (Å²) in [7, 11) is 0. The van der Waals surface area contributed by atoms with Gasteiger partial charge in [-0.2, -0.15) is 10.4 Å². The van der Waals surface area contributed by atoms with Gasteiger partial charge in [-0.3, -0.25) is 4.99 Å². The summed E-state index contributed by atoms with van der Waals surface area (Å²) in [6, 6.07) is 8.02. The van der Waals surface area contributed by atoms with Crippen LogP contribution in [0, 0.1) is 17.1 Å². The average molecular weight is 441 g/mol. The van der Waals surface area contributed by atoms with E-state index in [0.29, 0.717) is 29.9 Å². The van der Waals surface area contributed by atoms with Gasteiger partial charge in [-0.05, 0) is 70.0 Å². The Morgan fingerprint density at radius 3 is 2.66 bits per heavy atom. The van der Waals surface area contributed by atoms with Gasteiger partial charge in [0.1, 0.15) is 23.3 Å². The molecule has 0 atom stereocenters. The lowest BCUT2D eigenvalue weighted by molar-refractivity contribution is 0.232. The van der Waals surface area contributed by atoms with Gasteiger partial charge >= 0.3 is 0 Å². The number of aromatic nitrogens is 2. The Balaban J connectivity index is 1.54. The van der Waals surface area contributed by atoms with Gasteiger partial charge in [0.15, 0.2) is 5.96 Å². The van der Waals surface area contributed by atoms with Crippen LogP contribution in [-0.2, 0) is 6.42 Å². The minimum absolute atomic E-state index is 0.269. The molecule has 1 aliphatic rings. The Labute approximate surface area is 189 Å². The molecule has 0 spiro atoms. The molecule has 1 saturated heterocycles. The first-order chi connectivity index (χ1) is 15.6. The fraction of sp³-hybridized carbons (Fsp3) is 0.522. The van der Waals surface area contributed by atoms with Crippen molar-refractivity contribution in [3.63, 3.8) is 0 Å². The Kier molecular flexibility index (Phi) is 8.87. The number of nitriles is 1. The van der Waals surface area contributed by atoms with Gasteiger partial charge in [-0.1, -0.05) is 6.42 Å². The fourth-order valence-corrected chi connectivity index (χ4v) is 3.85. The highest BCUT2D eigenvalue weighted by molar-refractivity contribution is 5.79. The minimum atomic E-state index is -0.334. The molecule has 0 radical (unpaired) electrons. The lowest BCUT2D eigenvalue weighted by Crippen LogP contribution is -2.42. The molecule has 9 heteroatoms. The van der Waals surface area contributed by atoms with E-state index in [0.717, 1.165) is 32.0 Å². The number of hydrogen-bond acceptors (Lipinski definition) is 5. The quantitative estimate of drug-likeness (QED) is 0.314. The molecule has 0 aliphatic carbocycles. The molecule has 4 N–H and O–H groups in total. The number of likely N-dealkylation sites (tertiary alicyclic amines) is 1. The smallest absolute Gasteiger partial charge is 0.191 e. The summed E-state index contributed by atoms with van der Waals surface area (Å²) in [6.07, 6.45) is 5.24. The number of guanidine groups is 1.